The Morgan fingerprint density at radius 1 is 1.18 bits per heavy atom. The van der Waals surface area contributed by atoms with Crippen molar-refractivity contribution >= 4 is 44.4 Å². The first-order chi connectivity index (χ1) is 13.6. The van der Waals surface area contributed by atoms with E-state index in [4.69, 9.17) is 9.72 Å². The predicted molar refractivity (Wildman–Crippen MR) is 118 cm³/mol. The van der Waals surface area contributed by atoms with Gasteiger partial charge in [-0.2, -0.15) is 0 Å². The predicted octanol–water partition coefficient (Wildman–Crippen LogP) is 2.96. The molecule has 3 aromatic rings. The minimum Gasteiger partial charge on any atom is -0.494 e. The van der Waals surface area contributed by atoms with Crippen LogP contribution in [0.5, 0.6) is 5.75 Å². The monoisotopic (exact) mass is 416 g/mol. The first-order valence-electron chi connectivity index (χ1n) is 9.29. The van der Waals surface area contributed by atoms with Crippen molar-refractivity contribution in [3.05, 3.63) is 48.5 Å². The van der Waals surface area contributed by atoms with Crippen LogP contribution in [0.2, 0.25) is 0 Å². The first-order valence-corrected chi connectivity index (χ1v) is 11.1. The smallest absolute Gasteiger partial charge is 0.239 e. The molecule has 5 nitrogen and oxygen atoms in total. The van der Waals surface area contributed by atoms with E-state index in [-0.39, 0.29) is 5.91 Å². The number of rotatable bonds is 9. The van der Waals surface area contributed by atoms with Crippen molar-refractivity contribution in [3.8, 4) is 5.75 Å². The number of thioether (sulfide) groups is 1. The van der Waals surface area contributed by atoms with Crippen molar-refractivity contribution in [2.45, 2.75) is 11.3 Å². The topological polar surface area (TPSA) is 46.9 Å². The fourth-order valence-corrected chi connectivity index (χ4v) is 4.67. The number of carbonyl (C=O) groups excluding carboxylic acids is 1. The van der Waals surface area contributed by atoms with Gasteiger partial charge in [0, 0.05) is 17.9 Å². The fraction of sp³-hybridized carbons (Fsp3) is 0.333. The number of aromatic nitrogens is 1. The molecule has 0 bridgehead atoms. The number of thiazole rings is 1. The molecule has 0 unspecified atom stereocenters. The lowest BCUT2D eigenvalue weighted by Gasteiger charge is -2.20. The lowest BCUT2D eigenvalue weighted by atomic mass is 10.3. The van der Waals surface area contributed by atoms with Crippen LogP contribution in [0, 0.1) is 0 Å². The van der Waals surface area contributed by atoms with E-state index < -0.39 is 0 Å². The zero-order chi connectivity index (χ0) is 19.9. The van der Waals surface area contributed by atoms with Crippen molar-refractivity contribution in [2.24, 2.45) is 0 Å². The van der Waals surface area contributed by atoms with Gasteiger partial charge >= 0.3 is 0 Å². The van der Waals surface area contributed by atoms with Crippen molar-refractivity contribution in [3.63, 3.8) is 0 Å². The molecule has 148 valence electrons. The second kappa shape index (κ2) is 9.91. The highest BCUT2D eigenvalue weighted by molar-refractivity contribution is 8.00. The Balaban J connectivity index is 1.80. The Kier molecular flexibility index (Phi) is 7.30. The second-order valence-electron chi connectivity index (χ2n) is 6.76. The standard InChI is InChI=1S/C21H25N3O2S2/c1-23(2)13-8-14-24(19(25)15-27-16-9-5-4-6-10-16)21-22-20-17(26-3)11-7-12-18(20)28-21/h4-7,9-12H,8,13-15H2,1-3H3/p+1. The van der Waals surface area contributed by atoms with Gasteiger partial charge in [0.25, 0.3) is 0 Å². The number of ether oxygens (including phenoxy) is 1. The summed E-state index contributed by atoms with van der Waals surface area (Å²) in [4.78, 5) is 22.1. The number of quaternary nitrogens is 1. The summed E-state index contributed by atoms with van der Waals surface area (Å²) in [5.41, 5.74) is 0.816. The molecule has 0 aliphatic carbocycles. The number of anilines is 1. The third kappa shape index (κ3) is 5.25. The van der Waals surface area contributed by atoms with Crippen LogP contribution < -0.4 is 14.5 Å². The van der Waals surface area contributed by atoms with Crippen molar-refractivity contribution in [2.75, 3.05) is 44.9 Å². The van der Waals surface area contributed by atoms with Gasteiger partial charge in [0.15, 0.2) is 5.13 Å². The zero-order valence-electron chi connectivity index (χ0n) is 16.5. The van der Waals surface area contributed by atoms with Gasteiger partial charge in [0.2, 0.25) is 5.91 Å². The maximum atomic E-state index is 13.1. The molecule has 0 aliphatic rings. The largest absolute Gasteiger partial charge is 0.494 e. The number of para-hydroxylation sites is 1. The van der Waals surface area contributed by atoms with E-state index in [0.717, 1.165) is 39.0 Å². The molecular formula is C21H26N3O2S2+. The van der Waals surface area contributed by atoms with Gasteiger partial charge in [-0.3, -0.25) is 9.69 Å². The summed E-state index contributed by atoms with van der Waals surface area (Å²) in [6.45, 7) is 1.67. The van der Waals surface area contributed by atoms with E-state index in [9.17, 15) is 4.79 Å². The SMILES string of the molecule is COc1cccc2sc(N(CCC[NH+](C)C)C(=O)CSc3ccccc3)nc12. The number of hydrogen-bond donors (Lipinski definition) is 1. The molecule has 2 aromatic carbocycles. The summed E-state index contributed by atoms with van der Waals surface area (Å²) in [7, 11) is 5.90. The average Bonchev–Trinajstić information content (AvgIpc) is 3.14. The summed E-state index contributed by atoms with van der Waals surface area (Å²) in [5.74, 6) is 1.22. The molecule has 0 atom stereocenters. The Labute approximate surface area is 174 Å². The van der Waals surface area contributed by atoms with Crippen LogP contribution in [0.15, 0.2) is 53.4 Å². The number of hydrogen-bond acceptors (Lipinski definition) is 5. The molecule has 1 amide bonds. The summed E-state index contributed by atoms with van der Waals surface area (Å²) in [6, 6.07) is 15.9. The highest BCUT2D eigenvalue weighted by Gasteiger charge is 2.21. The van der Waals surface area contributed by atoms with Crippen LogP contribution in [0.25, 0.3) is 10.2 Å². The van der Waals surface area contributed by atoms with Gasteiger partial charge in [-0.15, -0.1) is 11.8 Å². The van der Waals surface area contributed by atoms with Gasteiger partial charge < -0.3 is 9.64 Å². The fourth-order valence-electron chi connectivity index (χ4n) is 2.85. The van der Waals surface area contributed by atoms with Gasteiger partial charge in [-0.05, 0) is 24.3 Å². The second-order valence-corrected chi connectivity index (χ2v) is 8.82. The molecular weight excluding hydrogens is 390 g/mol. The number of nitrogens with zero attached hydrogens (tertiary/aromatic N) is 2. The number of methoxy groups -OCH3 is 1. The van der Waals surface area contributed by atoms with E-state index in [0.29, 0.717) is 12.3 Å². The minimum atomic E-state index is 0.0839. The van der Waals surface area contributed by atoms with Gasteiger partial charge in [-0.25, -0.2) is 4.98 Å². The molecule has 0 saturated carbocycles. The van der Waals surface area contributed by atoms with E-state index in [1.807, 2.05) is 53.4 Å². The third-order valence-corrected chi connectivity index (χ3v) is 6.33. The molecule has 0 spiro atoms. The molecule has 3 rings (SSSR count). The molecule has 1 aromatic heterocycles. The molecule has 0 fully saturated rings. The Morgan fingerprint density at radius 2 is 1.96 bits per heavy atom. The highest BCUT2D eigenvalue weighted by Crippen LogP contribution is 2.34. The number of amides is 1. The van der Waals surface area contributed by atoms with Gasteiger partial charge in [-0.1, -0.05) is 35.6 Å². The summed E-state index contributed by atoms with van der Waals surface area (Å²) >= 11 is 3.10. The van der Waals surface area contributed by atoms with Crippen molar-refractivity contribution in [1.82, 2.24) is 4.98 Å². The Bertz CT molecular complexity index is 912. The number of fused-ring (bicyclic) bond motifs is 1. The quantitative estimate of drug-likeness (QED) is 0.545. The number of carbonyl (C=O) groups is 1. The molecule has 1 heterocycles. The minimum absolute atomic E-state index is 0.0839. The average molecular weight is 417 g/mol. The van der Waals surface area contributed by atoms with Crippen LogP contribution >= 0.6 is 23.1 Å². The van der Waals surface area contributed by atoms with Crippen LogP contribution in [-0.2, 0) is 4.79 Å². The summed E-state index contributed by atoms with van der Waals surface area (Å²) < 4.78 is 6.46. The van der Waals surface area contributed by atoms with Gasteiger partial charge in [0.1, 0.15) is 11.3 Å². The first kappa shape index (κ1) is 20.6. The van der Waals surface area contributed by atoms with Crippen LogP contribution in [-0.4, -0.2) is 50.9 Å². The van der Waals surface area contributed by atoms with E-state index >= 15 is 0 Å². The van der Waals surface area contributed by atoms with Crippen LogP contribution in [0.3, 0.4) is 0 Å². The molecule has 0 radical (unpaired) electrons. The van der Waals surface area contributed by atoms with E-state index in [1.165, 1.54) is 4.90 Å². The van der Waals surface area contributed by atoms with Gasteiger partial charge in [0.05, 0.1) is 38.2 Å². The molecule has 0 saturated heterocycles. The summed E-state index contributed by atoms with van der Waals surface area (Å²) in [5, 5.41) is 0.743. The number of benzene rings is 2. The third-order valence-electron chi connectivity index (χ3n) is 4.29. The van der Waals surface area contributed by atoms with Crippen LogP contribution in [0.4, 0.5) is 5.13 Å². The Morgan fingerprint density at radius 3 is 2.68 bits per heavy atom. The number of nitrogens with one attached hydrogen (secondary N) is 1. The maximum absolute atomic E-state index is 13.1. The molecule has 7 heteroatoms. The Hall–Kier alpha value is -2.09. The van der Waals surface area contributed by atoms with E-state index in [1.54, 1.807) is 30.2 Å². The summed E-state index contributed by atoms with van der Waals surface area (Å²) in [6.07, 6.45) is 0.928. The van der Waals surface area contributed by atoms with Crippen LogP contribution in [0.1, 0.15) is 6.42 Å². The molecule has 0 aliphatic heterocycles. The maximum Gasteiger partial charge on any atom is 0.239 e. The highest BCUT2D eigenvalue weighted by atomic mass is 32.2. The zero-order valence-corrected chi connectivity index (χ0v) is 18.1. The van der Waals surface area contributed by atoms with Crippen molar-refractivity contribution < 1.29 is 14.4 Å². The van der Waals surface area contributed by atoms with E-state index in [2.05, 4.69) is 14.1 Å². The lowest BCUT2D eigenvalue weighted by Crippen LogP contribution is -3.05. The normalized spacial score (nSPS) is 11.1. The lowest BCUT2D eigenvalue weighted by molar-refractivity contribution is -0.858. The molecule has 28 heavy (non-hydrogen) atoms. The van der Waals surface area contributed by atoms with Crippen molar-refractivity contribution in [1.29, 1.82) is 0 Å². The molecule has 1 N–H and O–H groups in total.